The number of nitrogens with one attached hydrogen (secondary N) is 1. The molecule has 11 heteroatoms. The van der Waals surface area contributed by atoms with Gasteiger partial charge in [0.25, 0.3) is 5.69 Å². The first-order valence-electron chi connectivity index (χ1n) is 6.56. The minimum absolute atomic E-state index is 0.0223. The van der Waals surface area contributed by atoms with E-state index >= 15 is 0 Å². The van der Waals surface area contributed by atoms with Crippen LogP contribution >= 0.6 is 11.6 Å². The second-order valence-corrected chi connectivity index (χ2v) is 4.89. The van der Waals surface area contributed by atoms with Crippen molar-refractivity contribution in [2.24, 2.45) is 0 Å². The summed E-state index contributed by atoms with van der Waals surface area (Å²) in [7, 11) is 0. The molecule has 0 aliphatic rings. The van der Waals surface area contributed by atoms with Crippen molar-refractivity contribution in [3.05, 3.63) is 45.5 Å². The molecular weight excluding hydrogens is 345 g/mol. The largest absolute Gasteiger partial charge is 0.465 e. The van der Waals surface area contributed by atoms with Crippen LogP contribution < -0.4 is 10.2 Å². The maximum atomic E-state index is 14.2. The Bertz CT molecular complexity index is 787. The fourth-order valence-electron chi connectivity index (χ4n) is 1.92. The normalized spacial score (nSPS) is 10.3. The summed E-state index contributed by atoms with van der Waals surface area (Å²) in [6.07, 6.45) is 1.10. The Kier molecular flexibility index (Phi) is 5.09. The highest BCUT2D eigenvalue weighted by molar-refractivity contribution is 6.30. The van der Waals surface area contributed by atoms with E-state index in [1.54, 1.807) is 0 Å². The first-order valence-corrected chi connectivity index (χ1v) is 6.94. The predicted molar refractivity (Wildman–Crippen MR) is 84.4 cm³/mol. The second-order valence-electron chi connectivity index (χ2n) is 4.45. The van der Waals surface area contributed by atoms with E-state index in [9.17, 15) is 19.3 Å². The monoisotopic (exact) mass is 355 g/mol. The molecule has 0 aliphatic heterocycles. The van der Waals surface area contributed by atoms with Crippen LogP contribution in [0.5, 0.6) is 0 Å². The third-order valence-corrected chi connectivity index (χ3v) is 3.16. The van der Waals surface area contributed by atoms with Crippen LogP contribution in [0.15, 0.2) is 24.5 Å². The molecule has 24 heavy (non-hydrogen) atoms. The van der Waals surface area contributed by atoms with E-state index in [1.807, 2.05) is 0 Å². The number of rotatable bonds is 5. The molecule has 0 unspecified atom stereocenters. The molecule has 0 saturated carbocycles. The molecule has 0 aliphatic carbocycles. The van der Waals surface area contributed by atoms with Crippen molar-refractivity contribution in [2.45, 2.75) is 6.92 Å². The summed E-state index contributed by atoms with van der Waals surface area (Å²) in [6.45, 7) is 1.39. The smallest absolute Gasteiger partial charge is 0.412 e. The SMILES string of the molecule is CCN(C(=O)O)c1cc(F)c(Nc2ncc(Cl)cn2)cc1[N+](=O)[O-]. The van der Waals surface area contributed by atoms with Crippen molar-refractivity contribution in [3.63, 3.8) is 0 Å². The van der Waals surface area contributed by atoms with Gasteiger partial charge in [-0.3, -0.25) is 15.0 Å². The zero-order valence-electron chi connectivity index (χ0n) is 12.2. The molecular formula is C13H11ClFN5O4. The number of nitrogens with zero attached hydrogens (tertiary/aromatic N) is 4. The maximum absolute atomic E-state index is 14.2. The van der Waals surface area contributed by atoms with Crippen molar-refractivity contribution in [3.8, 4) is 0 Å². The lowest BCUT2D eigenvalue weighted by Crippen LogP contribution is -2.29. The summed E-state index contributed by atoms with van der Waals surface area (Å²) in [5.74, 6) is -0.917. The second kappa shape index (κ2) is 7.04. The molecule has 1 amide bonds. The predicted octanol–water partition coefficient (Wildman–Crippen LogP) is 3.43. The fourth-order valence-corrected chi connectivity index (χ4v) is 2.01. The van der Waals surface area contributed by atoms with E-state index in [0.29, 0.717) is 4.90 Å². The van der Waals surface area contributed by atoms with Crippen molar-refractivity contribution in [1.29, 1.82) is 0 Å². The molecule has 0 radical (unpaired) electrons. The molecule has 9 nitrogen and oxygen atoms in total. The van der Waals surface area contributed by atoms with Gasteiger partial charge >= 0.3 is 6.09 Å². The van der Waals surface area contributed by atoms with Crippen LogP contribution in [0.4, 0.5) is 32.2 Å². The number of hydrogen-bond acceptors (Lipinski definition) is 6. The standard InChI is InChI=1S/C13H11ClFN5O4/c1-2-19(13(21)22)10-3-8(15)9(4-11(10)20(23)24)18-12-16-5-7(14)6-17-12/h3-6H,2H2,1H3,(H,21,22)(H,16,17,18). The van der Waals surface area contributed by atoms with Gasteiger partial charge in [-0.05, 0) is 6.92 Å². The van der Waals surface area contributed by atoms with Gasteiger partial charge in [0.2, 0.25) is 5.95 Å². The summed E-state index contributed by atoms with van der Waals surface area (Å²) in [4.78, 5) is 29.8. The van der Waals surface area contributed by atoms with Crippen LogP contribution in [-0.2, 0) is 0 Å². The Balaban J connectivity index is 2.48. The summed E-state index contributed by atoms with van der Waals surface area (Å²) in [6, 6.07) is 1.65. The van der Waals surface area contributed by atoms with Gasteiger partial charge in [0.15, 0.2) is 0 Å². The molecule has 0 spiro atoms. The van der Waals surface area contributed by atoms with E-state index in [2.05, 4.69) is 15.3 Å². The van der Waals surface area contributed by atoms with E-state index < -0.39 is 22.5 Å². The molecule has 0 fully saturated rings. The molecule has 2 aromatic rings. The van der Waals surface area contributed by atoms with Gasteiger partial charge in [0.1, 0.15) is 11.5 Å². The summed E-state index contributed by atoms with van der Waals surface area (Å²) in [5.41, 5.74) is -1.21. The lowest BCUT2D eigenvalue weighted by molar-refractivity contribution is -0.384. The van der Waals surface area contributed by atoms with Gasteiger partial charge in [0.05, 0.1) is 28.0 Å². The van der Waals surface area contributed by atoms with Crippen LogP contribution in [-0.4, -0.2) is 32.6 Å². The molecule has 0 atom stereocenters. The van der Waals surface area contributed by atoms with Crippen LogP contribution in [0, 0.1) is 15.9 Å². The van der Waals surface area contributed by atoms with Gasteiger partial charge in [0, 0.05) is 18.7 Å². The zero-order chi connectivity index (χ0) is 17.9. The zero-order valence-corrected chi connectivity index (χ0v) is 13.0. The highest BCUT2D eigenvalue weighted by Gasteiger charge is 2.26. The summed E-state index contributed by atoms with van der Waals surface area (Å²) in [5, 5.41) is 23.0. The maximum Gasteiger partial charge on any atom is 0.412 e. The molecule has 0 saturated heterocycles. The average molecular weight is 356 g/mol. The van der Waals surface area contributed by atoms with Gasteiger partial charge in [-0.25, -0.2) is 19.2 Å². The lowest BCUT2D eigenvalue weighted by atomic mass is 10.2. The van der Waals surface area contributed by atoms with Crippen LogP contribution in [0.25, 0.3) is 0 Å². The van der Waals surface area contributed by atoms with Crippen molar-refractivity contribution in [2.75, 3.05) is 16.8 Å². The quantitative estimate of drug-likeness (QED) is 0.622. The Morgan fingerprint density at radius 3 is 2.58 bits per heavy atom. The topological polar surface area (TPSA) is 121 Å². The molecule has 126 valence electrons. The van der Waals surface area contributed by atoms with Crippen molar-refractivity contribution in [1.82, 2.24) is 9.97 Å². The third-order valence-electron chi connectivity index (χ3n) is 2.97. The Morgan fingerprint density at radius 1 is 1.46 bits per heavy atom. The number of hydrogen-bond donors (Lipinski definition) is 2. The Hall–Kier alpha value is -3.01. The Morgan fingerprint density at radius 2 is 2.08 bits per heavy atom. The molecule has 0 bridgehead atoms. The molecule has 1 heterocycles. The van der Waals surface area contributed by atoms with Gasteiger partial charge in [-0.2, -0.15) is 0 Å². The van der Waals surface area contributed by atoms with E-state index in [1.165, 1.54) is 19.3 Å². The Labute approximate surface area is 139 Å². The van der Waals surface area contributed by atoms with E-state index in [0.717, 1.165) is 12.1 Å². The number of anilines is 3. The number of benzene rings is 1. The van der Waals surface area contributed by atoms with E-state index in [4.69, 9.17) is 16.7 Å². The van der Waals surface area contributed by atoms with Gasteiger partial charge < -0.3 is 10.4 Å². The van der Waals surface area contributed by atoms with E-state index in [-0.39, 0.29) is 28.9 Å². The molecule has 2 N–H and O–H groups in total. The number of amides is 1. The summed E-state index contributed by atoms with van der Waals surface area (Å²) >= 11 is 5.64. The number of nitro benzene ring substituents is 1. The highest BCUT2D eigenvalue weighted by atomic mass is 35.5. The first kappa shape index (κ1) is 17.3. The van der Waals surface area contributed by atoms with Crippen LogP contribution in [0.1, 0.15) is 6.92 Å². The van der Waals surface area contributed by atoms with Crippen LogP contribution in [0.3, 0.4) is 0 Å². The van der Waals surface area contributed by atoms with Crippen molar-refractivity contribution >= 4 is 40.7 Å². The first-order chi connectivity index (χ1) is 11.3. The average Bonchev–Trinajstić information content (AvgIpc) is 2.51. The number of halogens is 2. The highest BCUT2D eigenvalue weighted by Crippen LogP contribution is 2.34. The van der Waals surface area contributed by atoms with Crippen LogP contribution in [0.2, 0.25) is 5.02 Å². The minimum atomic E-state index is -1.43. The fraction of sp³-hybridized carbons (Fsp3) is 0.154. The molecule has 1 aromatic heterocycles. The third kappa shape index (κ3) is 3.66. The number of nitro groups is 1. The molecule has 1 aromatic carbocycles. The number of carbonyl (C=O) groups is 1. The summed E-state index contributed by atoms with van der Waals surface area (Å²) < 4.78 is 14.2. The number of carboxylic acid groups (broad SMARTS) is 1. The van der Waals surface area contributed by atoms with Crippen molar-refractivity contribution < 1.29 is 19.2 Å². The van der Waals surface area contributed by atoms with Gasteiger partial charge in [-0.15, -0.1) is 0 Å². The van der Waals surface area contributed by atoms with Gasteiger partial charge in [-0.1, -0.05) is 11.6 Å². The molecule has 2 rings (SSSR count). The lowest BCUT2D eigenvalue weighted by Gasteiger charge is -2.18. The minimum Gasteiger partial charge on any atom is -0.465 e. The number of aromatic nitrogens is 2.